The highest BCUT2D eigenvalue weighted by molar-refractivity contribution is 5.73. The summed E-state index contributed by atoms with van der Waals surface area (Å²) >= 11 is 0. The molecule has 0 amide bonds. The molecule has 38 heavy (non-hydrogen) atoms. The van der Waals surface area contributed by atoms with Crippen LogP contribution in [0.25, 0.3) is 0 Å². The van der Waals surface area contributed by atoms with Gasteiger partial charge in [0.05, 0.1) is 17.8 Å². The highest BCUT2D eigenvalue weighted by atomic mass is 16.4. The Morgan fingerprint density at radius 2 is 0.947 bits per heavy atom. The van der Waals surface area contributed by atoms with Crippen molar-refractivity contribution >= 4 is 17.9 Å². The van der Waals surface area contributed by atoms with Crippen molar-refractivity contribution in [1.29, 1.82) is 0 Å². The van der Waals surface area contributed by atoms with Gasteiger partial charge in [0.2, 0.25) is 0 Å². The smallest absolute Gasteiger partial charge is 0.306 e. The number of unbranched alkanes of at least 4 members (excludes halogenated alkanes) is 12. The lowest BCUT2D eigenvalue weighted by molar-refractivity contribution is -0.146. The molecule has 10 heteroatoms. The molecule has 0 aliphatic heterocycles. The summed E-state index contributed by atoms with van der Waals surface area (Å²) in [5.41, 5.74) is 7.95. The third kappa shape index (κ3) is 21.2. The van der Waals surface area contributed by atoms with Gasteiger partial charge in [-0.1, -0.05) is 96.8 Å². The first-order valence-corrected chi connectivity index (χ1v) is 14.9. The van der Waals surface area contributed by atoms with Crippen LogP contribution >= 0.6 is 0 Å². The molecule has 224 valence electrons. The zero-order chi connectivity index (χ0) is 28.4. The summed E-state index contributed by atoms with van der Waals surface area (Å²) in [5.74, 6) is 0.904. The van der Waals surface area contributed by atoms with Crippen LogP contribution in [0.2, 0.25) is 0 Å². The van der Waals surface area contributed by atoms with E-state index in [1.54, 1.807) is 0 Å². The van der Waals surface area contributed by atoms with E-state index in [1.807, 2.05) is 6.92 Å². The molecule has 0 rings (SSSR count). The van der Waals surface area contributed by atoms with E-state index in [2.05, 4.69) is 16.5 Å². The van der Waals surface area contributed by atoms with Crippen molar-refractivity contribution in [1.82, 2.24) is 16.5 Å². The molecular weight excluding hydrogens is 488 g/mol. The minimum atomic E-state index is -0.936. The molecule has 0 aliphatic rings. The molecule has 0 aromatic carbocycles. The highest BCUT2D eigenvalue weighted by Crippen LogP contribution is 2.24. The SMILES string of the molecule is CCCC(CC(CCCCCC(CCCCCCCCCCCCCNNNN)C(=O)O)C(=O)O)C(=O)O. The Balaban J connectivity index is 3.85. The van der Waals surface area contributed by atoms with Crippen LogP contribution in [0.5, 0.6) is 0 Å². The molecule has 8 N–H and O–H groups in total. The largest absolute Gasteiger partial charge is 0.481 e. The van der Waals surface area contributed by atoms with Gasteiger partial charge in [-0.2, -0.15) is 11.1 Å². The zero-order valence-electron chi connectivity index (χ0n) is 23.7. The normalized spacial score (nSPS) is 13.7. The molecular formula is C28H56N4O6. The Morgan fingerprint density at radius 1 is 0.579 bits per heavy atom. The molecule has 0 aliphatic carbocycles. The average molecular weight is 545 g/mol. The maximum Gasteiger partial charge on any atom is 0.306 e. The number of rotatable bonds is 29. The van der Waals surface area contributed by atoms with Gasteiger partial charge in [0, 0.05) is 6.54 Å². The van der Waals surface area contributed by atoms with Gasteiger partial charge in [-0.05, 0) is 38.5 Å². The van der Waals surface area contributed by atoms with Gasteiger partial charge in [-0.3, -0.25) is 20.2 Å². The minimum Gasteiger partial charge on any atom is -0.481 e. The van der Waals surface area contributed by atoms with Crippen LogP contribution < -0.4 is 22.3 Å². The summed E-state index contributed by atoms with van der Waals surface area (Å²) in [6.07, 6.45) is 18.5. The van der Waals surface area contributed by atoms with Crippen LogP contribution in [0.3, 0.4) is 0 Å². The van der Waals surface area contributed by atoms with Crippen LogP contribution in [0.1, 0.15) is 135 Å². The van der Waals surface area contributed by atoms with Crippen molar-refractivity contribution < 1.29 is 29.7 Å². The number of hydrogen-bond donors (Lipinski definition) is 7. The van der Waals surface area contributed by atoms with Crippen molar-refractivity contribution in [2.45, 2.75) is 135 Å². The summed E-state index contributed by atoms with van der Waals surface area (Å²) in [4.78, 5) is 34.6. The molecule has 0 heterocycles. The number of hydrogen-bond acceptors (Lipinski definition) is 7. The quantitative estimate of drug-likeness (QED) is 0.0368. The van der Waals surface area contributed by atoms with Gasteiger partial charge in [0.25, 0.3) is 0 Å². The van der Waals surface area contributed by atoms with E-state index >= 15 is 0 Å². The second-order valence-corrected chi connectivity index (χ2v) is 10.6. The molecule has 0 aromatic rings. The van der Waals surface area contributed by atoms with Gasteiger partial charge < -0.3 is 15.3 Å². The van der Waals surface area contributed by atoms with Crippen LogP contribution in [0.15, 0.2) is 0 Å². The first kappa shape index (κ1) is 36.2. The van der Waals surface area contributed by atoms with Crippen molar-refractivity contribution in [3.05, 3.63) is 0 Å². The lowest BCUT2D eigenvalue weighted by Gasteiger charge is -2.17. The van der Waals surface area contributed by atoms with E-state index in [4.69, 9.17) is 5.84 Å². The fourth-order valence-corrected chi connectivity index (χ4v) is 5.03. The van der Waals surface area contributed by atoms with Gasteiger partial charge in [0.15, 0.2) is 0 Å². The number of nitrogens with one attached hydrogen (secondary N) is 3. The Morgan fingerprint density at radius 3 is 1.37 bits per heavy atom. The summed E-state index contributed by atoms with van der Waals surface area (Å²) in [6, 6.07) is 0. The van der Waals surface area contributed by atoms with Crippen LogP contribution in [0, 0.1) is 17.8 Å². The summed E-state index contributed by atoms with van der Waals surface area (Å²) in [6.45, 7) is 2.80. The molecule has 3 atom stereocenters. The van der Waals surface area contributed by atoms with Crippen molar-refractivity contribution in [3.63, 3.8) is 0 Å². The number of carbonyl (C=O) groups is 3. The summed E-state index contributed by atoms with van der Waals surface area (Å²) in [5, 5.41) is 28.3. The molecule has 10 nitrogen and oxygen atoms in total. The van der Waals surface area contributed by atoms with Gasteiger partial charge in [-0.25, -0.2) is 5.43 Å². The van der Waals surface area contributed by atoms with Gasteiger partial charge in [0.1, 0.15) is 0 Å². The predicted octanol–water partition coefficient (Wildman–Crippen LogP) is 5.38. The highest BCUT2D eigenvalue weighted by Gasteiger charge is 2.26. The maximum absolute atomic E-state index is 11.6. The van der Waals surface area contributed by atoms with Crippen molar-refractivity contribution in [2.24, 2.45) is 23.6 Å². The van der Waals surface area contributed by atoms with Gasteiger partial charge in [-0.15, -0.1) is 0 Å². The number of nitrogens with two attached hydrogens (primary N) is 1. The van der Waals surface area contributed by atoms with E-state index in [0.29, 0.717) is 38.5 Å². The number of aliphatic carboxylic acids is 3. The van der Waals surface area contributed by atoms with E-state index in [-0.39, 0.29) is 12.3 Å². The van der Waals surface area contributed by atoms with Crippen LogP contribution in [-0.4, -0.2) is 39.8 Å². The second-order valence-electron chi connectivity index (χ2n) is 10.6. The monoisotopic (exact) mass is 544 g/mol. The molecule has 0 saturated carbocycles. The topological polar surface area (TPSA) is 174 Å². The molecule has 3 unspecified atom stereocenters. The second kappa shape index (κ2) is 25.5. The summed E-state index contributed by atoms with van der Waals surface area (Å²) < 4.78 is 0. The third-order valence-electron chi connectivity index (χ3n) is 7.37. The van der Waals surface area contributed by atoms with Crippen LogP contribution in [0.4, 0.5) is 0 Å². The fraction of sp³-hybridized carbons (Fsp3) is 0.893. The van der Waals surface area contributed by atoms with E-state index < -0.39 is 29.7 Å². The molecule has 0 bridgehead atoms. The van der Waals surface area contributed by atoms with Crippen LogP contribution in [-0.2, 0) is 14.4 Å². The first-order chi connectivity index (χ1) is 18.3. The van der Waals surface area contributed by atoms with E-state index in [1.165, 1.54) is 44.9 Å². The number of carboxylic acid groups (broad SMARTS) is 3. The third-order valence-corrected chi connectivity index (χ3v) is 7.37. The molecule has 0 spiro atoms. The molecule has 0 saturated heterocycles. The van der Waals surface area contributed by atoms with E-state index in [0.717, 1.165) is 45.1 Å². The Hall–Kier alpha value is -1.75. The van der Waals surface area contributed by atoms with E-state index in [9.17, 15) is 29.7 Å². The Bertz CT molecular complexity index is 608. The summed E-state index contributed by atoms with van der Waals surface area (Å²) in [7, 11) is 0. The molecule has 0 aromatic heterocycles. The number of carboxylic acids is 3. The predicted molar refractivity (Wildman–Crippen MR) is 150 cm³/mol. The fourth-order valence-electron chi connectivity index (χ4n) is 5.03. The molecule has 0 radical (unpaired) electrons. The standard InChI is InChI=1S/C28H56N4O6/c1-2-17-24(27(35)36)22-25(28(37)38)20-15-12-14-19-23(26(33)34)18-13-10-8-6-4-3-5-7-9-11-16-21-30-32-31-29/h23-25,30-32H,2-22,29H2,1H3,(H,33,34)(H,35,36)(H,37,38). The average Bonchev–Trinajstić information content (AvgIpc) is 2.87. The van der Waals surface area contributed by atoms with Crippen molar-refractivity contribution in [3.8, 4) is 0 Å². The zero-order valence-corrected chi connectivity index (χ0v) is 23.7. The first-order valence-electron chi connectivity index (χ1n) is 14.9. The van der Waals surface area contributed by atoms with Gasteiger partial charge >= 0.3 is 17.9 Å². The minimum absolute atomic E-state index is 0.167. The Kier molecular flexibility index (Phi) is 24.3. The molecule has 0 fully saturated rings. The van der Waals surface area contributed by atoms with Crippen molar-refractivity contribution in [2.75, 3.05) is 6.54 Å². The number of hydrazine groups is 3. The Labute approximate surface area is 229 Å². The lowest BCUT2D eigenvalue weighted by Crippen LogP contribution is -2.47. The lowest BCUT2D eigenvalue weighted by atomic mass is 9.87. The maximum atomic E-state index is 11.6.